The molecule has 0 aromatic heterocycles. The maximum absolute atomic E-state index is 12.6. The minimum Gasteiger partial charge on any atom is -0.352 e. The lowest BCUT2D eigenvalue weighted by atomic mass is 9.98. The number of hydrogen-bond acceptors (Lipinski definition) is 2. The van der Waals surface area contributed by atoms with Crippen molar-refractivity contribution in [2.24, 2.45) is 5.41 Å². The van der Waals surface area contributed by atoms with E-state index in [4.69, 9.17) is 0 Å². The molecule has 0 bridgehead atoms. The molecular formula is C17H22N2O2. The number of nitrogens with one attached hydrogen (secondary N) is 1. The van der Waals surface area contributed by atoms with Crippen LogP contribution in [0.1, 0.15) is 43.4 Å². The van der Waals surface area contributed by atoms with Gasteiger partial charge in [-0.15, -0.1) is 0 Å². The Morgan fingerprint density at radius 3 is 2.86 bits per heavy atom. The van der Waals surface area contributed by atoms with Gasteiger partial charge in [0, 0.05) is 19.5 Å². The second-order valence-corrected chi connectivity index (χ2v) is 6.68. The molecule has 1 aromatic rings. The predicted molar refractivity (Wildman–Crippen MR) is 80.6 cm³/mol. The Kier molecular flexibility index (Phi) is 3.47. The van der Waals surface area contributed by atoms with Gasteiger partial charge in [0.2, 0.25) is 11.8 Å². The summed E-state index contributed by atoms with van der Waals surface area (Å²) in [6.45, 7) is 5.29. The van der Waals surface area contributed by atoms with Gasteiger partial charge in [-0.05, 0) is 30.7 Å². The van der Waals surface area contributed by atoms with Gasteiger partial charge in [0.1, 0.15) is 6.04 Å². The average molecular weight is 286 g/mol. The van der Waals surface area contributed by atoms with E-state index in [0.717, 1.165) is 24.0 Å². The van der Waals surface area contributed by atoms with Crippen LogP contribution >= 0.6 is 0 Å². The molecule has 2 amide bonds. The molecule has 1 aromatic carbocycles. The highest BCUT2D eigenvalue weighted by Crippen LogP contribution is 2.48. The molecule has 1 unspecified atom stereocenters. The van der Waals surface area contributed by atoms with Crippen LogP contribution in [-0.4, -0.2) is 29.8 Å². The van der Waals surface area contributed by atoms with Crippen LogP contribution < -0.4 is 5.32 Å². The Balaban J connectivity index is 1.85. The Labute approximate surface area is 125 Å². The Bertz CT molecular complexity index is 578. The molecule has 1 N–H and O–H groups in total. The lowest BCUT2D eigenvalue weighted by Crippen LogP contribution is -2.52. The summed E-state index contributed by atoms with van der Waals surface area (Å²) in [6.07, 6.45) is 2.80. The number of benzene rings is 1. The molecule has 4 heteroatoms. The molecule has 1 saturated heterocycles. The Morgan fingerprint density at radius 2 is 2.19 bits per heavy atom. The van der Waals surface area contributed by atoms with Crippen molar-refractivity contribution in [1.82, 2.24) is 10.2 Å². The third kappa shape index (κ3) is 2.94. The summed E-state index contributed by atoms with van der Waals surface area (Å²) < 4.78 is 0. The third-order valence-electron chi connectivity index (χ3n) is 4.57. The zero-order valence-electron chi connectivity index (χ0n) is 12.7. The van der Waals surface area contributed by atoms with Crippen LogP contribution in [0.5, 0.6) is 0 Å². The number of amides is 2. The number of nitrogens with zero attached hydrogens (tertiary/aromatic N) is 1. The summed E-state index contributed by atoms with van der Waals surface area (Å²) in [7, 11) is 0. The zero-order chi connectivity index (χ0) is 15.0. The fourth-order valence-electron chi connectivity index (χ4n) is 2.96. The maximum atomic E-state index is 12.6. The van der Waals surface area contributed by atoms with Crippen molar-refractivity contribution >= 4 is 11.8 Å². The van der Waals surface area contributed by atoms with Gasteiger partial charge in [0.25, 0.3) is 0 Å². The largest absolute Gasteiger partial charge is 0.352 e. The van der Waals surface area contributed by atoms with Crippen molar-refractivity contribution in [2.75, 3.05) is 13.1 Å². The van der Waals surface area contributed by atoms with Crippen molar-refractivity contribution in [3.8, 4) is 0 Å². The first kappa shape index (κ1) is 14.1. The van der Waals surface area contributed by atoms with Crippen molar-refractivity contribution in [1.29, 1.82) is 0 Å². The summed E-state index contributed by atoms with van der Waals surface area (Å²) >= 11 is 0. The number of rotatable bonds is 3. The van der Waals surface area contributed by atoms with Crippen LogP contribution in [0.25, 0.3) is 0 Å². The van der Waals surface area contributed by atoms with Crippen molar-refractivity contribution in [3.63, 3.8) is 0 Å². The van der Waals surface area contributed by atoms with Crippen LogP contribution in [0.15, 0.2) is 24.3 Å². The second kappa shape index (κ2) is 5.17. The molecule has 1 atom stereocenters. The molecule has 1 aliphatic carbocycles. The molecule has 112 valence electrons. The first-order valence-electron chi connectivity index (χ1n) is 7.62. The molecule has 3 rings (SSSR count). The van der Waals surface area contributed by atoms with E-state index in [9.17, 15) is 9.59 Å². The number of aryl methyl sites for hydroxylation is 1. The number of carbonyl (C=O) groups is 2. The van der Waals surface area contributed by atoms with E-state index in [1.807, 2.05) is 31.2 Å². The van der Waals surface area contributed by atoms with E-state index < -0.39 is 6.04 Å². The van der Waals surface area contributed by atoms with Gasteiger partial charge in [-0.3, -0.25) is 9.59 Å². The molecule has 2 aliphatic rings. The van der Waals surface area contributed by atoms with E-state index in [1.54, 1.807) is 4.90 Å². The highest BCUT2D eigenvalue weighted by atomic mass is 16.2. The number of carbonyl (C=O) groups excluding carboxylic acids is 2. The van der Waals surface area contributed by atoms with Gasteiger partial charge in [0.05, 0.1) is 0 Å². The van der Waals surface area contributed by atoms with E-state index in [1.165, 1.54) is 0 Å². The second-order valence-electron chi connectivity index (χ2n) is 6.68. The van der Waals surface area contributed by atoms with Crippen molar-refractivity contribution < 1.29 is 9.59 Å². The van der Waals surface area contributed by atoms with Crippen LogP contribution in [0.4, 0.5) is 0 Å². The topological polar surface area (TPSA) is 49.4 Å². The summed E-state index contributed by atoms with van der Waals surface area (Å²) in [5, 5.41) is 2.88. The first-order valence-corrected chi connectivity index (χ1v) is 7.62. The summed E-state index contributed by atoms with van der Waals surface area (Å²) in [6, 6.07) is 7.39. The summed E-state index contributed by atoms with van der Waals surface area (Å²) in [5.74, 6) is 0.0394. The van der Waals surface area contributed by atoms with E-state index in [2.05, 4.69) is 12.2 Å². The monoisotopic (exact) mass is 286 g/mol. The van der Waals surface area contributed by atoms with E-state index >= 15 is 0 Å². The molecule has 0 spiro atoms. The van der Waals surface area contributed by atoms with Crippen LogP contribution in [0, 0.1) is 12.3 Å². The predicted octanol–water partition coefficient (Wildman–Crippen LogP) is 2.18. The summed E-state index contributed by atoms with van der Waals surface area (Å²) in [5.41, 5.74) is 2.18. The molecule has 2 fully saturated rings. The SMILES string of the molecule is Cc1cccc(C2C(=O)NCCN2C(=O)CC2(C)CC2)c1. The average Bonchev–Trinajstić information content (AvgIpc) is 3.15. The molecule has 4 nitrogen and oxygen atoms in total. The molecule has 1 heterocycles. The minimum atomic E-state index is -0.478. The fraction of sp³-hybridized carbons (Fsp3) is 0.529. The van der Waals surface area contributed by atoms with Crippen LogP contribution in [0.2, 0.25) is 0 Å². The van der Waals surface area contributed by atoms with Gasteiger partial charge in [-0.2, -0.15) is 0 Å². The normalized spacial score (nSPS) is 23.6. The number of hydrogen-bond donors (Lipinski definition) is 1. The Morgan fingerprint density at radius 1 is 1.43 bits per heavy atom. The zero-order valence-corrected chi connectivity index (χ0v) is 12.7. The summed E-state index contributed by atoms with van der Waals surface area (Å²) in [4.78, 5) is 26.7. The Hall–Kier alpha value is -1.84. The molecule has 1 aliphatic heterocycles. The molecular weight excluding hydrogens is 264 g/mol. The third-order valence-corrected chi connectivity index (χ3v) is 4.57. The maximum Gasteiger partial charge on any atom is 0.247 e. The molecule has 0 radical (unpaired) electrons. The van der Waals surface area contributed by atoms with Crippen LogP contribution in [0.3, 0.4) is 0 Å². The van der Waals surface area contributed by atoms with Gasteiger partial charge in [-0.25, -0.2) is 0 Å². The lowest BCUT2D eigenvalue weighted by molar-refractivity contribution is -0.144. The van der Waals surface area contributed by atoms with Crippen molar-refractivity contribution in [3.05, 3.63) is 35.4 Å². The molecule has 1 saturated carbocycles. The van der Waals surface area contributed by atoms with Gasteiger partial charge >= 0.3 is 0 Å². The minimum absolute atomic E-state index is 0.0684. The highest BCUT2D eigenvalue weighted by molar-refractivity contribution is 5.90. The van der Waals surface area contributed by atoms with Crippen LogP contribution in [-0.2, 0) is 9.59 Å². The smallest absolute Gasteiger partial charge is 0.247 e. The number of piperazine rings is 1. The highest BCUT2D eigenvalue weighted by Gasteiger charge is 2.42. The van der Waals surface area contributed by atoms with Gasteiger partial charge in [0.15, 0.2) is 0 Å². The van der Waals surface area contributed by atoms with E-state index in [0.29, 0.717) is 19.5 Å². The molecule has 21 heavy (non-hydrogen) atoms. The quantitative estimate of drug-likeness (QED) is 0.926. The fourth-order valence-corrected chi connectivity index (χ4v) is 2.96. The van der Waals surface area contributed by atoms with Gasteiger partial charge in [-0.1, -0.05) is 36.8 Å². The van der Waals surface area contributed by atoms with E-state index in [-0.39, 0.29) is 17.2 Å². The van der Waals surface area contributed by atoms with Crippen molar-refractivity contribution in [2.45, 2.75) is 39.2 Å². The standard InChI is InChI=1S/C17H22N2O2/c1-12-4-3-5-13(10-12)15-16(21)18-8-9-19(15)14(20)11-17(2)6-7-17/h3-5,10,15H,6-9,11H2,1-2H3,(H,18,21). The van der Waals surface area contributed by atoms with Gasteiger partial charge < -0.3 is 10.2 Å². The lowest BCUT2D eigenvalue weighted by Gasteiger charge is -2.36. The first-order chi connectivity index (χ1) is 9.98.